The molecule has 0 radical (unpaired) electrons. The van der Waals surface area contributed by atoms with Gasteiger partial charge in [-0.05, 0) is 6.92 Å². The number of nitriles is 1. The third-order valence-corrected chi connectivity index (χ3v) is 5.26. The Kier molecular flexibility index (Phi) is 4.64. The van der Waals surface area contributed by atoms with Gasteiger partial charge in [0.1, 0.15) is 4.21 Å². The maximum atomic E-state index is 11.8. The highest BCUT2D eigenvalue weighted by atomic mass is 35.5. The van der Waals surface area contributed by atoms with Crippen LogP contribution >= 0.6 is 22.9 Å². The molecule has 0 fully saturated rings. The molecule has 0 aliphatic heterocycles. The summed E-state index contributed by atoms with van der Waals surface area (Å²) in [5, 5.41) is 19.0. The van der Waals surface area contributed by atoms with Crippen LogP contribution in [-0.4, -0.2) is 19.4 Å². The number of rotatable bonds is 5. The van der Waals surface area contributed by atoms with Gasteiger partial charge in [-0.3, -0.25) is 10.1 Å². The number of nitrogens with zero attached hydrogens (tertiary/aromatic N) is 2. The van der Waals surface area contributed by atoms with E-state index in [1.54, 1.807) is 0 Å². The monoisotopic (exact) mass is 309 g/mol. The smallest absolute Gasteiger partial charge is 0.258 e. The van der Waals surface area contributed by atoms with Crippen molar-refractivity contribution in [3.05, 3.63) is 20.5 Å². The second kappa shape index (κ2) is 5.62. The molecule has 0 spiro atoms. The Morgan fingerprint density at radius 1 is 1.72 bits per heavy atom. The highest BCUT2D eigenvalue weighted by molar-refractivity contribution is 7.91. The normalized spacial score (nSPS) is 12.9. The van der Waals surface area contributed by atoms with Gasteiger partial charge in [0.2, 0.25) is 0 Å². The lowest BCUT2D eigenvalue weighted by atomic mass is 10.3. The molecule has 1 N–H and O–H groups in total. The molecule has 1 aromatic heterocycles. The maximum absolute atomic E-state index is 11.8. The zero-order chi connectivity index (χ0) is 13.9. The molecule has 1 heterocycles. The van der Waals surface area contributed by atoms with E-state index in [1.807, 2.05) is 6.07 Å². The van der Waals surface area contributed by atoms with Crippen LogP contribution in [0.2, 0.25) is 4.34 Å². The number of nitrogens with one attached hydrogen (secondary N) is 1. The largest absolute Gasteiger partial charge is 0.300 e. The average Bonchev–Trinajstić information content (AvgIpc) is 2.60. The Balaban J connectivity index is 3.03. The molecule has 0 bridgehead atoms. The first-order valence-corrected chi connectivity index (χ1v) is 7.28. The summed E-state index contributed by atoms with van der Waals surface area (Å²) in [6.07, 6.45) is 0.000427. The van der Waals surface area contributed by atoms with Crippen LogP contribution in [0.5, 0.6) is 0 Å². The molecular weight excluding hydrogens is 302 g/mol. The van der Waals surface area contributed by atoms with Crippen LogP contribution in [0, 0.1) is 21.4 Å². The summed E-state index contributed by atoms with van der Waals surface area (Å²) in [4.78, 5) is 9.80. The van der Waals surface area contributed by atoms with Crippen molar-refractivity contribution in [1.82, 2.24) is 4.72 Å². The van der Waals surface area contributed by atoms with Gasteiger partial charge >= 0.3 is 0 Å². The van der Waals surface area contributed by atoms with Crippen molar-refractivity contribution < 1.29 is 13.3 Å². The predicted octanol–water partition coefficient (Wildman–Crippen LogP) is 1.89. The molecule has 1 unspecified atom stereocenters. The van der Waals surface area contributed by atoms with Crippen molar-refractivity contribution in [2.75, 3.05) is 0 Å². The fourth-order valence-corrected chi connectivity index (χ4v) is 4.02. The molecule has 1 aromatic rings. The van der Waals surface area contributed by atoms with Crippen molar-refractivity contribution in [2.24, 2.45) is 0 Å². The van der Waals surface area contributed by atoms with Gasteiger partial charge in [-0.2, -0.15) is 5.26 Å². The number of nitro groups is 1. The topological polar surface area (TPSA) is 113 Å². The van der Waals surface area contributed by atoms with Gasteiger partial charge < -0.3 is 0 Å². The van der Waals surface area contributed by atoms with Gasteiger partial charge in [0, 0.05) is 12.1 Å². The molecule has 0 aromatic carbocycles. The van der Waals surface area contributed by atoms with Crippen molar-refractivity contribution >= 4 is 38.6 Å². The van der Waals surface area contributed by atoms with E-state index in [0.29, 0.717) is 11.3 Å². The Bertz CT molecular complexity index is 604. The van der Waals surface area contributed by atoms with E-state index >= 15 is 0 Å². The molecule has 7 nitrogen and oxygen atoms in total. The number of halogens is 1. The minimum absolute atomic E-state index is 0.000427. The van der Waals surface area contributed by atoms with Crippen LogP contribution < -0.4 is 4.72 Å². The molecule has 0 saturated heterocycles. The standard InChI is InChI=1S/C8H8ClN3O4S2/c1-5(2-3-10)11-18(15,16)7-4-6(12(13)14)8(9)17-7/h4-5,11H,2H2,1H3. The van der Waals surface area contributed by atoms with E-state index < -0.39 is 26.7 Å². The van der Waals surface area contributed by atoms with Crippen LogP contribution in [-0.2, 0) is 10.0 Å². The molecular formula is C8H8ClN3O4S2. The zero-order valence-corrected chi connectivity index (χ0v) is 11.5. The molecule has 0 aliphatic carbocycles. The second-order valence-electron chi connectivity index (χ2n) is 3.37. The quantitative estimate of drug-likeness (QED) is 0.659. The third kappa shape index (κ3) is 3.39. The Morgan fingerprint density at radius 3 is 2.78 bits per heavy atom. The van der Waals surface area contributed by atoms with Crippen LogP contribution in [0.1, 0.15) is 13.3 Å². The fourth-order valence-electron chi connectivity index (χ4n) is 1.10. The van der Waals surface area contributed by atoms with Crippen LogP contribution in [0.4, 0.5) is 5.69 Å². The first-order valence-electron chi connectivity index (χ1n) is 4.61. The third-order valence-electron chi connectivity index (χ3n) is 1.86. The summed E-state index contributed by atoms with van der Waals surface area (Å²) >= 11 is 6.18. The van der Waals surface area contributed by atoms with E-state index in [4.69, 9.17) is 16.9 Å². The minimum atomic E-state index is -3.89. The van der Waals surface area contributed by atoms with E-state index in [9.17, 15) is 18.5 Å². The molecule has 0 saturated carbocycles. The lowest BCUT2D eigenvalue weighted by molar-refractivity contribution is -0.384. The van der Waals surface area contributed by atoms with Crippen LogP contribution in [0.3, 0.4) is 0 Å². The summed E-state index contributed by atoms with van der Waals surface area (Å²) in [6.45, 7) is 1.52. The summed E-state index contributed by atoms with van der Waals surface area (Å²) < 4.78 is 25.4. The van der Waals surface area contributed by atoms with E-state index in [2.05, 4.69) is 4.72 Å². The lowest BCUT2D eigenvalue weighted by Gasteiger charge is -2.08. The van der Waals surface area contributed by atoms with Gasteiger partial charge in [0.15, 0.2) is 4.34 Å². The van der Waals surface area contributed by atoms with Crippen molar-refractivity contribution in [3.63, 3.8) is 0 Å². The molecule has 18 heavy (non-hydrogen) atoms. The average molecular weight is 310 g/mol. The number of hydrogen-bond acceptors (Lipinski definition) is 6. The number of sulfonamides is 1. The summed E-state index contributed by atoms with van der Waals surface area (Å²) in [5.41, 5.74) is -0.449. The molecule has 98 valence electrons. The van der Waals surface area contributed by atoms with Gasteiger partial charge in [-0.1, -0.05) is 11.6 Å². The van der Waals surface area contributed by atoms with Gasteiger partial charge in [-0.25, -0.2) is 13.1 Å². The SMILES string of the molecule is CC(CC#N)NS(=O)(=O)c1cc([N+](=O)[O-])c(Cl)s1. The second-order valence-corrected chi connectivity index (χ2v) is 6.96. The maximum Gasteiger partial charge on any atom is 0.300 e. The molecule has 0 aliphatic rings. The van der Waals surface area contributed by atoms with Crippen molar-refractivity contribution in [2.45, 2.75) is 23.6 Å². The molecule has 0 amide bonds. The van der Waals surface area contributed by atoms with E-state index in [0.717, 1.165) is 6.07 Å². The number of thiophene rings is 1. The lowest BCUT2D eigenvalue weighted by Crippen LogP contribution is -2.31. The minimum Gasteiger partial charge on any atom is -0.258 e. The zero-order valence-electron chi connectivity index (χ0n) is 9.08. The van der Waals surface area contributed by atoms with Crippen LogP contribution in [0.25, 0.3) is 0 Å². The number of hydrogen-bond donors (Lipinski definition) is 1. The van der Waals surface area contributed by atoms with Crippen molar-refractivity contribution in [3.8, 4) is 6.07 Å². The van der Waals surface area contributed by atoms with Gasteiger partial charge in [0.05, 0.1) is 17.4 Å². The predicted molar refractivity (Wildman–Crippen MR) is 66.0 cm³/mol. The highest BCUT2D eigenvalue weighted by Crippen LogP contribution is 2.36. The van der Waals surface area contributed by atoms with E-state index in [-0.39, 0.29) is 15.0 Å². The van der Waals surface area contributed by atoms with Crippen LogP contribution in [0.15, 0.2) is 10.3 Å². The molecule has 1 atom stereocenters. The Morgan fingerprint density at radius 2 is 2.33 bits per heavy atom. The van der Waals surface area contributed by atoms with E-state index in [1.165, 1.54) is 6.92 Å². The first-order chi connectivity index (χ1) is 8.27. The van der Waals surface area contributed by atoms with Gasteiger partial charge in [-0.15, -0.1) is 11.3 Å². The van der Waals surface area contributed by atoms with Crippen molar-refractivity contribution in [1.29, 1.82) is 5.26 Å². The highest BCUT2D eigenvalue weighted by Gasteiger charge is 2.26. The van der Waals surface area contributed by atoms with Gasteiger partial charge in [0.25, 0.3) is 15.7 Å². The molecule has 10 heteroatoms. The fraction of sp³-hybridized carbons (Fsp3) is 0.375. The summed E-state index contributed by atoms with van der Waals surface area (Å²) in [6, 6.07) is 2.13. The Hall–Kier alpha value is -1.21. The Labute approximate surface area is 112 Å². The summed E-state index contributed by atoms with van der Waals surface area (Å²) in [5.74, 6) is 0. The summed E-state index contributed by atoms with van der Waals surface area (Å²) in [7, 11) is -3.89. The first kappa shape index (κ1) is 14.8. The molecule has 1 rings (SSSR count).